The Morgan fingerprint density at radius 1 is 1.50 bits per heavy atom. The molecule has 2 amide bonds. The molecule has 0 spiro atoms. The van der Waals surface area contributed by atoms with E-state index in [0.29, 0.717) is 5.69 Å². The average Bonchev–Trinajstić information content (AvgIpc) is 2.14. The zero-order valence-corrected chi connectivity index (χ0v) is 9.25. The van der Waals surface area contributed by atoms with Gasteiger partial charge in [0.25, 0.3) is 0 Å². The lowest BCUT2D eigenvalue weighted by molar-refractivity contribution is 0.0826. The largest absolute Gasteiger partial charge is 0.389 e. The molecule has 0 saturated heterocycles. The number of carbonyl (C=O) groups excluding carboxylic acids is 1. The maximum atomic E-state index is 12.8. The van der Waals surface area contributed by atoms with Crippen molar-refractivity contribution in [1.29, 1.82) is 0 Å². The third-order valence-corrected chi connectivity index (χ3v) is 1.76. The van der Waals surface area contributed by atoms with Crippen LogP contribution in [0.4, 0.5) is 14.9 Å². The van der Waals surface area contributed by atoms with Gasteiger partial charge in [0.1, 0.15) is 5.82 Å². The molecule has 0 fully saturated rings. The Kier molecular flexibility index (Phi) is 3.84. The Labute approximate surface area is 93.5 Å². The van der Waals surface area contributed by atoms with Gasteiger partial charge in [-0.2, -0.15) is 0 Å². The first kappa shape index (κ1) is 12.4. The number of halogens is 1. The molecule has 0 bridgehead atoms. The van der Waals surface area contributed by atoms with Gasteiger partial charge in [-0.05, 0) is 32.0 Å². The van der Waals surface area contributed by atoms with E-state index in [9.17, 15) is 14.3 Å². The Morgan fingerprint density at radius 3 is 2.75 bits per heavy atom. The Morgan fingerprint density at radius 2 is 2.19 bits per heavy atom. The summed E-state index contributed by atoms with van der Waals surface area (Å²) < 4.78 is 12.8. The van der Waals surface area contributed by atoms with Crippen LogP contribution in [0.3, 0.4) is 0 Å². The van der Waals surface area contributed by atoms with E-state index in [1.54, 1.807) is 19.9 Å². The number of rotatable bonds is 3. The van der Waals surface area contributed by atoms with Gasteiger partial charge < -0.3 is 15.7 Å². The summed E-state index contributed by atoms with van der Waals surface area (Å²) in [5.41, 5.74) is -0.604. The molecule has 0 aliphatic heterocycles. The van der Waals surface area contributed by atoms with Gasteiger partial charge in [-0.1, -0.05) is 6.07 Å². The van der Waals surface area contributed by atoms with Gasteiger partial charge in [-0.25, -0.2) is 9.18 Å². The fourth-order valence-corrected chi connectivity index (χ4v) is 1.04. The number of aliphatic hydroxyl groups is 1. The van der Waals surface area contributed by atoms with E-state index in [4.69, 9.17) is 0 Å². The van der Waals surface area contributed by atoms with E-state index in [-0.39, 0.29) is 6.54 Å². The van der Waals surface area contributed by atoms with Crippen molar-refractivity contribution in [2.45, 2.75) is 19.4 Å². The number of amides is 2. The summed E-state index contributed by atoms with van der Waals surface area (Å²) in [7, 11) is 0. The molecule has 3 N–H and O–H groups in total. The van der Waals surface area contributed by atoms with Crippen molar-refractivity contribution in [3.05, 3.63) is 30.1 Å². The fraction of sp³-hybridized carbons (Fsp3) is 0.364. The first-order chi connectivity index (χ1) is 7.37. The summed E-state index contributed by atoms with van der Waals surface area (Å²) in [5.74, 6) is -0.416. The molecule has 0 radical (unpaired) electrons. The fourth-order valence-electron chi connectivity index (χ4n) is 1.04. The molecule has 0 heterocycles. The standard InChI is InChI=1S/C11H15FN2O2/c1-11(2,16)7-13-10(15)14-9-5-3-4-8(12)6-9/h3-6,16H,7H2,1-2H3,(H2,13,14,15). The van der Waals surface area contributed by atoms with Crippen LogP contribution in [0.1, 0.15) is 13.8 Å². The van der Waals surface area contributed by atoms with Crippen LogP contribution in [0.2, 0.25) is 0 Å². The number of hydrogen-bond acceptors (Lipinski definition) is 2. The van der Waals surface area contributed by atoms with E-state index >= 15 is 0 Å². The minimum atomic E-state index is -0.973. The van der Waals surface area contributed by atoms with Crippen molar-refractivity contribution in [2.75, 3.05) is 11.9 Å². The Hall–Kier alpha value is -1.62. The molecule has 4 nitrogen and oxygen atoms in total. The second kappa shape index (κ2) is 4.94. The molecule has 1 aromatic rings. The molecular formula is C11H15FN2O2. The summed E-state index contributed by atoms with van der Waals surface area (Å²) in [6, 6.07) is 5.10. The molecule has 0 aliphatic carbocycles. The quantitative estimate of drug-likeness (QED) is 0.734. The number of benzene rings is 1. The van der Waals surface area contributed by atoms with E-state index in [0.717, 1.165) is 0 Å². The second-order valence-electron chi connectivity index (χ2n) is 4.13. The predicted octanol–water partition coefficient (Wildman–Crippen LogP) is 1.72. The number of urea groups is 1. The normalized spacial score (nSPS) is 11.0. The van der Waals surface area contributed by atoms with Crippen LogP contribution in [-0.2, 0) is 0 Å². The van der Waals surface area contributed by atoms with Gasteiger partial charge in [-0.15, -0.1) is 0 Å². The molecular weight excluding hydrogens is 211 g/mol. The summed E-state index contributed by atoms with van der Waals surface area (Å²) in [6.45, 7) is 3.28. The third-order valence-electron chi connectivity index (χ3n) is 1.76. The number of anilines is 1. The van der Waals surface area contributed by atoms with E-state index in [1.807, 2.05) is 0 Å². The smallest absolute Gasteiger partial charge is 0.319 e. The van der Waals surface area contributed by atoms with Crippen LogP contribution in [0.15, 0.2) is 24.3 Å². The van der Waals surface area contributed by atoms with Crippen LogP contribution >= 0.6 is 0 Å². The van der Waals surface area contributed by atoms with Crippen molar-refractivity contribution in [3.8, 4) is 0 Å². The topological polar surface area (TPSA) is 61.4 Å². The number of nitrogens with one attached hydrogen (secondary N) is 2. The van der Waals surface area contributed by atoms with Crippen molar-refractivity contribution < 1.29 is 14.3 Å². The lowest BCUT2D eigenvalue weighted by Gasteiger charge is -2.17. The minimum Gasteiger partial charge on any atom is -0.389 e. The zero-order valence-electron chi connectivity index (χ0n) is 9.25. The molecule has 0 aliphatic rings. The van der Waals surface area contributed by atoms with Crippen LogP contribution in [0, 0.1) is 5.82 Å². The Bertz CT molecular complexity index is 374. The van der Waals surface area contributed by atoms with Gasteiger partial charge in [0.05, 0.1) is 5.60 Å². The summed E-state index contributed by atoms with van der Waals surface area (Å²) >= 11 is 0. The van der Waals surface area contributed by atoms with Crippen molar-refractivity contribution in [1.82, 2.24) is 5.32 Å². The van der Waals surface area contributed by atoms with E-state index in [2.05, 4.69) is 10.6 Å². The molecule has 88 valence electrons. The molecule has 1 aromatic carbocycles. The minimum absolute atomic E-state index is 0.119. The van der Waals surface area contributed by atoms with Crippen LogP contribution in [0.25, 0.3) is 0 Å². The number of hydrogen-bond donors (Lipinski definition) is 3. The van der Waals surface area contributed by atoms with Crippen LogP contribution in [-0.4, -0.2) is 23.3 Å². The lowest BCUT2D eigenvalue weighted by atomic mass is 10.1. The van der Waals surface area contributed by atoms with Gasteiger partial charge in [-0.3, -0.25) is 0 Å². The van der Waals surface area contributed by atoms with E-state index < -0.39 is 17.4 Å². The monoisotopic (exact) mass is 226 g/mol. The first-order valence-electron chi connectivity index (χ1n) is 4.90. The van der Waals surface area contributed by atoms with Gasteiger partial charge >= 0.3 is 6.03 Å². The molecule has 0 aromatic heterocycles. The molecule has 0 atom stereocenters. The lowest BCUT2D eigenvalue weighted by Crippen LogP contribution is -2.40. The van der Waals surface area contributed by atoms with Crippen LogP contribution < -0.4 is 10.6 Å². The molecule has 0 unspecified atom stereocenters. The van der Waals surface area contributed by atoms with Gasteiger partial charge in [0.2, 0.25) is 0 Å². The highest BCUT2D eigenvalue weighted by Crippen LogP contribution is 2.08. The molecule has 1 rings (SSSR count). The highest BCUT2D eigenvalue weighted by atomic mass is 19.1. The third kappa shape index (κ3) is 4.75. The maximum absolute atomic E-state index is 12.8. The van der Waals surface area contributed by atoms with E-state index in [1.165, 1.54) is 18.2 Å². The van der Waals surface area contributed by atoms with Crippen LogP contribution in [0.5, 0.6) is 0 Å². The predicted molar refractivity (Wildman–Crippen MR) is 59.7 cm³/mol. The summed E-state index contributed by atoms with van der Waals surface area (Å²) in [6.07, 6.45) is 0. The molecule has 16 heavy (non-hydrogen) atoms. The summed E-state index contributed by atoms with van der Waals surface area (Å²) in [5, 5.41) is 14.3. The molecule has 5 heteroatoms. The first-order valence-corrected chi connectivity index (χ1v) is 4.90. The second-order valence-corrected chi connectivity index (χ2v) is 4.13. The zero-order chi connectivity index (χ0) is 12.2. The SMILES string of the molecule is CC(C)(O)CNC(=O)Nc1cccc(F)c1. The summed E-state index contributed by atoms with van der Waals surface area (Å²) in [4.78, 5) is 11.3. The van der Waals surface area contributed by atoms with Gasteiger partial charge in [0.15, 0.2) is 0 Å². The van der Waals surface area contributed by atoms with Crippen molar-refractivity contribution in [3.63, 3.8) is 0 Å². The highest BCUT2D eigenvalue weighted by Gasteiger charge is 2.13. The van der Waals surface area contributed by atoms with Gasteiger partial charge in [0, 0.05) is 12.2 Å². The maximum Gasteiger partial charge on any atom is 0.319 e. The van der Waals surface area contributed by atoms with Crippen molar-refractivity contribution >= 4 is 11.7 Å². The Balaban J connectivity index is 2.46. The van der Waals surface area contributed by atoms with Crippen molar-refractivity contribution in [2.24, 2.45) is 0 Å². The average molecular weight is 226 g/mol. The molecule has 0 saturated carbocycles. The number of carbonyl (C=O) groups is 1. The highest BCUT2D eigenvalue weighted by molar-refractivity contribution is 5.89.